The van der Waals surface area contributed by atoms with Crippen LogP contribution in [0, 0.1) is 6.92 Å². The van der Waals surface area contributed by atoms with Crippen LogP contribution in [0.15, 0.2) is 4.52 Å². The van der Waals surface area contributed by atoms with Crippen LogP contribution in [-0.4, -0.2) is 29.0 Å². The van der Waals surface area contributed by atoms with Crippen LogP contribution in [-0.2, 0) is 4.74 Å². The SMILES string of the molecule is CCOC(=O)c1c(C)noc1OC(=O)O. The summed E-state index contributed by atoms with van der Waals surface area (Å²) in [5.41, 5.74) is 0.101. The summed E-state index contributed by atoms with van der Waals surface area (Å²) >= 11 is 0. The molecule has 0 aromatic carbocycles. The summed E-state index contributed by atoms with van der Waals surface area (Å²) in [5.74, 6) is -1.20. The van der Waals surface area contributed by atoms with Gasteiger partial charge in [0.25, 0.3) is 0 Å². The maximum atomic E-state index is 11.3. The van der Waals surface area contributed by atoms with Crippen molar-refractivity contribution in [3.8, 4) is 5.95 Å². The van der Waals surface area contributed by atoms with Gasteiger partial charge in [-0.25, -0.2) is 9.59 Å². The predicted molar refractivity (Wildman–Crippen MR) is 45.8 cm³/mol. The summed E-state index contributed by atoms with van der Waals surface area (Å²) in [5, 5.41) is 11.8. The first-order valence-corrected chi connectivity index (χ1v) is 4.10. The highest BCUT2D eigenvalue weighted by molar-refractivity contribution is 5.93. The molecule has 0 radical (unpaired) electrons. The van der Waals surface area contributed by atoms with Crippen LogP contribution >= 0.6 is 0 Å². The fraction of sp³-hybridized carbons (Fsp3) is 0.375. The molecule has 82 valence electrons. The second-order valence-electron chi connectivity index (χ2n) is 2.52. The summed E-state index contributed by atoms with van der Waals surface area (Å²) in [6.45, 7) is 3.26. The van der Waals surface area contributed by atoms with E-state index in [2.05, 4.69) is 19.2 Å². The second-order valence-corrected chi connectivity index (χ2v) is 2.52. The third-order valence-electron chi connectivity index (χ3n) is 1.49. The molecule has 0 bridgehead atoms. The largest absolute Gasteiger partial charge is 0.513 e. The lowest BCUT2D eigenvalue weighted by Gasteiger charge is -2.00. The van der Waals surface area contributed by atoms with Gasteiger partial charge in [-0.15, -0.1) is 0 Å². The molecule has 0 amide bonds. The van der Waals surface area contributed by atoms with E-state index < -0.39 is 18.1 Å². The lowest BCUT2D eigenvalue weighted by atomic mass is 10.2. The summed E-state index contributed by atoms with van der Waals surface area (Å²) in [6.07, 6.45) is -1.59. The Labute approximate surface area is 84.6 Å². The standard InChI is InChI=1S/C8H9NO6/c1-3-13-6(10)5-4(2)9-15-7(5)14-8(11)12/h3H2,1-2H3,(H,11,12). The summed E-state index contributed by atoms with van der Waals surface area (Å²) in [6, 6.07) is 0. The van der Waals surface area contributed by atoms with Crippen molar-refractivity contribution in [3.63, 3.8) is 0 Å². The molecular formula is C8H9NO6. The number of carbonyl (C=O) groups excluding carboxylic acids is 1. The highest BCUT2D eigenvalue weighted by Gasteiger charge is 2.24. The quantitative estimate of drug-likeness (QED) is 0.756. The van der Waals surface area contributed by atoms with Crippen LogP contribution in [0.1, 0.15) is 23.0 Å². The Morgan fingerprint density at radius 3 is 2.73 bits per heavy atom. The van der Waals surface area contributed by atoms with E-state index in [-0.39, 0.29) is 17.9 Å². The molecule has 0 saturated carbocycles. The zero-order chi connectivity index (χ0) is 11.4. The molecule has 1 aromatic heterocycles. The first-order chi connectivity index (χ1) is 7.06. The average molecular weight is 215 g/mol. The van der Waals surface area contributed by atoms with E-state index in [1.807, 2.05) is 0 Å². The normalized spacial score (nSPS) is 9.73. The van der Waals surface area contributed by atoms with Crippen LogP contribution < -0.4 is 4.74 Å². The lowest BCUT2D eigenvalue weighted by Crippen LogP contribution is -2.10. The molecular weight excluding hydrogens is 206 g/mol. The molecule has 0 unspecified atom stereocenters. The predicted octanol–water partition coefficient (Wildman–Crippen LogP) is 1.22. The highest BCUT2D eigenvalue weighted by atomic mass is 16.7. The Balaban J connectivity index is 2.98. The lowest BCUT2D eigenvalue weighted by molar-refractivity contribution is 0.0518. The fourth-order valence-electron chi connectivity index (χ4n) is 0.932. The van der Waals surface area contributed by atoms with Gasteiger partial charge in [-0.3, -0.25) is 0 Å². The van der Waals surface area contributed by atoms with Crippen LogP contribution in [0.5, 0.6) is 5.95 Å². The van der Waals surface area contributed by atoms with Crippen molar-refractivity contribution in [1.29, 1.82) is 0 Å². The zero-order valence-electron chi connectivity index (χ0n) is 8.14. The molecule has 1 heterocycles. The first kappa shape index (κ1) is 11.0. The van der Waals surface area contributed by atoms with Crippen LogP contribution in [0.2, 0.25) is 0 Å². The molecule has 1 aromatic rings. The van der Waals surface area contributed by atoms with Gasteiger partial charge in [0.05, 0.1) is 12.3 Å². The zero-order valence-corrected chi connectivity index (χ0v) is 8.14. The van der Waals surface area contributed by atoms with Gasteiger partial charge in [-0.05, 0) is 13.8 Å². The van der Waals surface area contributed by atoms with E-state index >= 15 is 0 Å². The maximum Gasteiger partial charge on any atom is 0.513 e. The molecule has 0 atom stereocenters. The number of aromatic nitrogens is 1. The monoisotopic (exact) mass is 215 g/mol. The molecule has 15 heavy (non-hydrogen) atoms. The summed E-state index contributed by atoms with van der Waals surface area (Å²) in [7, 11) is 0. The van der Waals surface area contributed by atoms with E-state index in [1.54, 1.807) is 6.92 Å². The van der Waals surface area contributed by atoms with E-state index in [0.717, 1.165) is 0 Å². The van der Waals surface area contributed by atoms with Crippen LogP contribution in [0.25, 0.3) is 0 Å². The molecule has 1 N–H and O–H groups in total. The molecule has 0 fully saturated rings. The summed E-state index contributed by atoms with van der Waals surface area (Å²) < 4.78 is 13.4. The molecule has 7 nitrogen and oxygen atoms in total. The summed E-state index contributed by atoms with van der Waals surface area (Å²) in [4.78, 5) is 21.6. The number of ether oxygens (including phenoxy) is 2. The number of nitrogens with zero attached hydrogens (tertiary/aromatic N) is 1. The number of esters is 1. The van der Waals surface area contributed by atoms with Gasteiger partial charge in [-0.1, -0.05) is 5.16 Å². The van der Waals surface area contributed by atoms with E-state index in [4.69, 9.17) is 5.11 Å². The van der Waals surface area contributed by atoms with Crippen molar-refractivity contribution in [3.05, 3.63) is 11.3 Å². The van der Waals surface area contributed by atoms with Crippen molar-refractivity contribution >= 4 is 12.1 Å². The Morgan fingerprint density at radius 1 is 1.53 bits per heavy atom. The minimum absolute atomic E-state index is 0.112. The van der Waals surface area contributed by atoms with Crippen molar-refractivity contribution < 1.29 is 28.7 Å². The third-order valence-corrected chi connectivity index (χ3v) is 1.49. The number of carboxylic acid groups (broad SMARTS) is 1. The van der Waals surface area contributed by atoms with E-state index in [9.17, 15) is 9.59 Å². The molecule has 0 saturated heterocycles. The minimum Gasteiger partial charge on any atom is -0.462 e. The average Bonchev–Trinajstić information content (AvgIpc) is 2.46. The van der Waals surface area contributed by atoms with Gasteiger partial charge >= 0.3 is 18.1 Å². The number of carbonyl (C=O) groups is 2. The van der Waals surface area contributed by atoms with Gasteiger partial charge in [0.1, 0.15) is 0 Å². The van der Waals surface area contributed by atoms with E-state index in [0.29, 0.717) is 0 Å². The molecule has 1 rings (SSSR count). The van der Waals surface area contributed by atoms with Gasteiger partial charge in [0, 0.05) is 0 Å². The molecule has 7 heteroatoms. The van der Waals surface area contributed by atoms with Crippen molar-refractivity contribution in [2.45, 2.75) is 13.8 Å². The molecule has 0 aliphatic heterocycles. The highest BCUT2D eigenvalue weighted by Crippen LogP contribution is 2.22. The third kappa shape index (κ3) is 2.46. The van der Waals surface area contributed by atoms with Gasteiger partial charge in [0.2, 0.25) is 0 Å². The van der Waals surface area contributed by atoms with Gasteiger partial charge < -0.3 is 19.1 Å². The first-order valence-electron chi connectivity index (χ1n) is 4.10. The van der Waals surface area contributed by atoms with Crippen molar-refractivity contribution in [2.24, 2.45) is 0 Å². The fourth-order valence-corrected chi connectivity index (χ4v) is 0.932. The minimum atomic E-state index is -1.59. The van der Waals surface area contributed by atoms with Crippen LogP contribution in [0.4, 0.5) is 4.79 Å². The number of rotatable bonds is 3. The number of hydrogen-bond acceptors (Lipinski definition) is 6. The Hall–Kier alpha value is -2.05. The molecule has 0 aliphatic rings. The maximum absolute atomic E-state index is 11.3. The van der Waals surface area contributed by atoms with Crippen molar-refractivity contribution in [2.75, 3.05) is 6.61 Å². The Kier molecular flexibility index (Phi) is 3.27. The Morgan fingerprint density at radius 2 is 2.20 bits per heavy atom. The molecule has 0 spiro atoms. The number of hydrogen-bond donors (Lipinski definition) is 1. The Bertz CT molecular complexity index is 382. The molecule has 0 aliphatic carbocycles. The number of aryl methyl sites for hydroxylation is 1. The second kappa shape index (κ2) is 4.45. The van der Waals surface area contributed by atoms with Crippen molar-refractivity contribution in [1.82, 2.24) is 5.16 Å². The topological polar surface area (TPSA) is 98.9 Å². The van der Waals surface area contributed by atoms with Crippen LogP contribution in [0.3, 0.4) is 0 Å². The van der Waals surface area contributed by atoms with Gasteiger partial charge in [0.15, 0.2) is 5.56 Å². The smallest absolute Gasteiger partial charge is 0.462 e. The van der Waals surface area contributed by atoms with Gasteiger partial charge in [-0.2, -0.15) is 0 Å². The van der Waals surface area contributed by atoms with E-state index in [1.165, 1.54) is 6.92 Å².